The first-order valence-electron chi connectivity index (χ1n) is 7.82. The van der Waals surface area contributed by atoms with Gasteiger partial charge in [0.1, 0.15) is 6.04 Å². The fourth-order valence-electron chi connectivity index (χ4n) is 3.38. The van der Waals surface area contributed by atoms with Gasteiger partial charge in [-0.3, -0.25) is 29.4 Å². The maximum atomic E-state index is 12.7. The first kappa shape index (κ1) is 14.8. The first-order valence-corrected chi connectivity index (χ1v) is 7.82. The molecule has 0 aliphatic carbocycles. The lowest BCUT2D eigenvalue weighted by molar-refractivity contribution is -0.136. The first-order chi connectivity index (χ1) is 11.5. The van der Waals surface area contributed by atoms with Gasteiger partial charge in [0.2, 0.25) is 11.8 Å². The molecule has 1 unspecified atom stereocenters. The van der Waals surface area contributed by atoms with E-state index < -0.39 is 23.8 Å². The molecule has 124 valence electrons. The van der Waals surface area contributed by atoms with Crippen molar-refractivity contribution in [3.63, 3.8) is 0 Å². The quantitative estimate of drug-likeness (QED) is 0.690. The minimum absolute atomic E-state index is 0.112. The second-order valence-corrected chi connectivity index (χ2v) is 6.34. The van der Waals surface area contributed by atoms with Crippen LogP contribution in [-0.4, -0.2) is 53.7 Å². The van der Waals surface area contributed by atoms with E-state index >= 15 is 0 Å². The van der Waals surface area contributed by atoms with Crippen LogP contribution in [0.5, 0.6) is 0 Å². The Hall–Kier alpha value is -2.74. The molecule has 3 N–H and O–H groups in total. The number of nitrogens with one attached hydrogen (secondary N) is 1. The van der Waals surface area contributed by atoms with Crippen molar-refractivity contribution >= 4 is 29.3 Å². The lowest BCUT2D eigenvalue weighted by Crippen LogP contribution is -2.55. The van der Waals surface area contributed by atoms with Crippen LogP contribution in [0.3, 0.4) is 0 Å². The third-order valence-electron chi connectivity index (χ3n) is 4.70. The molecule has 3 aliphatic rings. The lowest BCUT2D eigenvalue weighted by Gasteiger charge is -2.38. The number of nitrogens with zero attached hydrogens (tertiary/aromatic N) is 2. The molecular weight excluding hydrogens is 312 g/mol. The van der Waals surface area contributed by atoms with Crippen molar-refractivity contribution in [1.82, 2.24) is 10.2 Å². The predicted molar refractivity (Wildman–Crippen MR) is 83.3 cm³/mol. The molecule has 3 aliphatic heterocycles. The molecule has 4 rings (SSSR count). The highest BCUT2D eigenvalue weighted by Crippen LogP contribution is 2.31. The molecule has 1 aromatic carbocycles. The summed E-state index contributed by atoms with van der Waals surface area (Å²) in [6, 6.07) is 4.25. The highest BCUT2D eigenvalue weighted by molar-refractivity contribution is 6.23. The summed E-state index contributed by atoms with van der Waals surface area (Å²) in [7, 11) is 0. The number of piperidine rings is 1. The second-order valence-electron chi connectivity index (χ2n) is 6.34. The van der Waals surface area contributed by atoms with Crippen LogP contribution in [0, 0.1) is 0 Å². The van der Waals surface area contributed by atoms with E-state index in [1.165, 1.54) is 0 Å². The average Bonchev–Trinajstić information content (AvgIpc) is 2.76. The Balaban J connectivity index is 1.63. The Morgan fingerprint density at radius 1 is 1.04 bits per heavy atom. The molecule has 0 aromatic heterocycles. The van der Waals surface area contributed by atoms with Crippen LogP contribution in [0.1, 0.15) is 33.6 Å². The molecule has 1 atom stereocenters. The van der Waals surface area contributed by atoms with Crippen LogP contribution in [-0.2, 0) is 9.59 Å². The molecule has 4 amide bonds. The SMILES string of the molecule is NC1CN(c2ccc3c(c2)C(=O)N(C2CCC(=O)NC2=O)C3=O)C1. The van der Waals surface area contributed by atoms with Gasteiger partial charge in [0, 0.05) is 31.2 Å². The molecule has 1 aromatic rings. The highest BCUT2D eigenvalue weighted by Gasteiger charge is 2.44. The molecule has 2 saturated heterocycles. The van der Waals surface area contributed by atoms with E-state index in [2.05, 4.69) is 5.32 Å². The van der Waals surface area contributed by atoms with Gasteiger partial charge in [0.05, 0.1) is 11.1 Å². The van der Waals surface area contributed by atoms with Gasteiger partial charge in [-0.05, 0) is 24.6 Å². The number of carbonyl (C=O) groups is 4. The van der Waals surface area contributed by atoms with Crippen LogP contribution < -0.4 is 16.0 Å². The Morgan fingerprint density at radius 2 is 1.75 bits per heavy atom. The van der Waals surface area contributed by atoms with Crippen LogP contribution in [0.15, 0.2) is 18.2 Å². The van der Waals surface area contributed by atoms with Gasteiger partial charge in [0.15, 0.2) is 0 Å². The summed E-state index contributed by atoms with van der Waals surface area (Å²) in [6.45, 7) is 1.41. The fraction of sp³-hybridized carbons (Fsp3) is 0.375. The summed E-state index contributed by atoms with van der Waals surface area (Å²) in [5.74, 6) is -1.97. The zero-order valence-electron chi connectivity index (χ0n) is 12.8. The molecular formula is C16H16N4O4. The number of rotatable bonds is 2. The fourth-order valence-corrected chi connectivity index (χ4v) is 3.38. The van der Waals surface area contributed by atoms with E-state index in [1.54, 1.807) is 18.2 Å². The molecule has 2 fully saturated rings. The van der Waals surface area contributed by atoms with E-state index in [0.717, 1.165) is 10.6 Å². The Morgan fingerprint density at radius 3 is 2.42 bits per heavy atom. The topological polar surface area (TPSA) is 113 Å². The molecule has 0 bridgehead atoms. The molecule has 8 heteroatoms. The lowest BCUT2D eigenvalue weighted by atomic mass is 10.0. The van der Waals surface area contributed by atoms with Gasteiger partial charge in [0.25, 0.3) is 11.8 Å². The average molecular weight is 328 g/mol. The van der Waals surface area contributed by atoms with Gasteiger partial charge in [-0.1, -0.05) is 0 Å². The van der Waals surface area contributed by atoms with Gasteiger partial charge >= 0.3 is 0 Å². The van der Waals surface area contributed by atoms with Crippen molar-refractivity contribution in [2.75, 3.05) is 18.0 Å². The van der Waals surface area contributed by atoms with E-state index in [9.17, 15) is 19.2 Å². The van der Waals surface area contributed by atoms with Crippen LogP contribution in [0.2, 0.25) is 0 Å². The van der Waals surface area contributed by atoms with E-state index in [0.29, 0.717) is 24.2 Å². The van der Waals surface area contributed by atoms with Crippen LogP contribution in [0.25, 0.3) is 0 Å². The monoisotopic (exact) mass is 328 g/mol. The third kappa shape index (κ3) is 2.10. The van der Waals surface area contributed by atoms with Crippen LogP contribution >= 0.6 is 0 Å². The summed E-state index contributed by atoms with van der Waals surface area (Å²) in [4.78, 5) is 51.5. The summed E-state index contributed by atoms with van der Waals surface area (Å²) in [6.07, 6.45) is 0.269. The minimum atomic E-state index is -0.934. The summed E-state index contributed by atoms with van der Waals surface area (Å²) >= 11 is 0. The van der Waals surface area contributed by atoms with E-state index in [-0.39, 0.29) is 24.8 Å². The van der Waals surface area contributed by atoms with Crippen molar-refractivity contribution in [3.8, 4) is 0 Å². The second kappa shape index (κ2) is 5.13. The number of fused-ring (bicyclic) bond motifs is 1. The number of carbonyl (C=O) groups excluding carboxylic acids is 4. The number of benzene rings is 1. The minimum Gasteiger partial charge on any atom is -0.368 e. The molecule has 0 saturated carbocycles. The molecule has 8 nitrogen and oxygen atoms in total. The van der Waals surface area contributed by atoms with Gasteiger partial charge < -0.3 is 10.6 Å². The molecule has 0 radical (unpaired) electrons. The zero-order chi connectivity index (χ0) is 17.0. The number of amides is 4. The summed E-state index contributed by atoms with van der Waals surface area (Å²) in [5, 5.41) is 2.18. The van der Waals surface area contributed by atoms with Crippen molar-refractivity contribution in [2.24, 2.45) is 5.73 Å². The number of anilines is 1. The van der Waals surface area contributed by atoms with Crippen LogP contribution in [0.4, 0.5) is 5.69 Å². The number of nitrogens with two attached hydrogens (primary N) is 1. The molecule has 0 spiro atoms. The van der Waals surface area contributed by atoms with Crippen molar-refractivity contribution < 1.29 is 19.2 Å². The zero-order valence-corrected chi connectivity index (χ0v) is 12.8. The largest absolute Gasteiger partial charge is 0.368 e. The maximum Gasteiger partial charge on any atom is 0.262 e. The van der Waals surface area contributed by atoms with Crippen molar-refractivity contribution in [3.05, 3.63) is 29.3 Å². The normalized spacial score (nSPS) is 24.1. The maximum absolute atomic E-state index is 12.7. The standard InChI is InChI=1S/C16H16N4O4/c17-8-6-19(7-8)9-1-2-10-11(5-9)16(24)20(15(10)23)12-3-4-13(21)18-14(12)22/h1-2,5,8,12H,3-4,6-7,17H2,(H,18,21,22). The summed E-state index contributed by atoms with van der Waals surface area (Å²) < 4.78 is 0. The Labute approximate surface area is 137 Å². The van der Waals surface area contributed by atoms with Gasteiger partial charge in [-0.15, -0.1) is 0 Å². The van der Waals surface area contributed by atoms with E-state index in [4.69, 9.17) is 5.73 Å². The van der Waals surface area contributed by atoms with Crippen molar-refractivity contribution in [1.29, 1.82) is 0 Å². The smallest absolute Gasteiger partial charge is 0.262 e. The van der Waals surface area contributed by atoms with E-state index in [1.807, 2.05) is 4.90 Å². The highest BCUT2D eigenvalue weighted by atomic mass is 16.2. The van der Waals surface area contributed by atoms with Gasteiger partial charge in [-0.2, -0.15) is 0 Å². The number of hydrogen-bond donors (Lipinski definition) is 2. The number of imide groups is 2. The molecule has 24 heavy (non-hydrogen) atoms. The predicted octanol–water partition coefficient (Wildman–Crippen LogP) is -0.765. The number of hydrogen-bond acceptors (Lipinski definition) is 6. The van der Waals surface area contributed by atoms with Gasteiger partial charge in [-0.25, -0.2) is 0 Å². The third-order valence-corrected chi connectivity index (χ3v) is 4.70. The molecule has 3 heterocycles. The van der Waals surface area contributed by atoms with Crippen molar-refractivity contribution in [2.45, 2.75) is 24.9 Å². The Kier molecular flexibility index (Phi) is 3.17. The Bertz CT molecular complexity index is 784. The summed E-state index contributed by atoms with van der Waals surface area (Å²) in [5.41, 5.74) is 7.19.